The first-order chi connectivity index (χ1) is 11.1. The number of benzene rings is 1. The fourth-order valence-corrected chi connectivity index (χ4v) is 1.91. The van der Waals surface area contributed by atoms with Gasteiger partial charge in [0.1, 0.15) is 5.75 Å². The Morgan fingerprint density at radius 2 is 1.91 bits per heavy atom. The molecule has 0 atom stereocenters. The summed E-state index contributed by atoms with van der Waals surface area (Å²) in [6.07, 6.45) is 3.94. The average Bonchev–Trinajstić information content (AvgIpc) is 2.55. The summed E-state index contributed by atoms with van der Waals surface area (Å²) in [6.45, 7) is -1.99. The molecule has 2 amide bonds. The van der Waals surface area contributed by atoms with E-state index in [1.54, 1.807) is 30.6 Å². The Morgan fingerprint density at radius 3 is 2.57 bits per heavy atom. The van der Waals surface area contributed by atoms with Crippen molar-refractivity contribution in [1.82, 2.24) is 15.6 Å². The van der Waals surface area contributed by atoms with Crippen LogP contribution in [0.15, 0.2) is 48.8 Å². The number of ether oxygens (including phenoxy) is 1. The molecule has 23 heavy (non-hydrogen) atoms. The number of nitrogens with zero attached hydrogens (tertiary/aromatic N) is 1. The summed E-state index contributed by atoms with van der Waals surface area (Å²) in [5, 5.41) is 5.45. The number of urea groups is 1. The molecule has 1 heterocycles. The van der Waals surface area contributed by atoms with Crippen LogP contribution in [0.4, 0.5) is 13.6 Å². The molecule has 2 rings (SSSR count). The minimum atomic E-state index is -2.83. The van der Waals surface area contributed by atoms with Crippen molar-refractivity contribution in [3.8, 4) is 5.75 Å². The van der Waals surface area contributed by atoms with Crippen molar-refractivity contribution < 1.29 is 18.3 Å². The average molecular weight is 321 g/mol. The summed E-state index contributed by atoms with van der Waals surface area (Å²) in [6, 6.07) is 9.73. The van der Waals surface area contributed by atoms with Gasteiger partial charge in [0.2, 0.25) is 0 Å². The number of nitrogens with one attached hydrogen (secondary N) is 2. The Kier molecular flexibility index (Phi) is 6.28. The first kappa shape index (κ1) is 16.7. The van der Waals surface area contributed by atoms with E-state index >= 15 is 0 Å². The van der Waals surface area contributed by atoms with Gasteiger partial charge < -0.3 is 15.4 Å². The van der Waals surface area contributed by atoms with Crippen LogP contribution in [-0.2, 0) is 13.0 Å². The number of carbonyl (C=O) groups excluding carboxylic acids is 1. The first-order valence-corrected chi connectivity index (χ1v) is 7.08. The Morgan fingerprint density at radius 1 is 1.13 bits per heavy atom. The highest BCUT2D eigenvalue weighted by atomic mass is 19.3. The van der Waals surface area contributed by atoms with Crippen LogP contribution in [0.3, 0.4) is 0 Å². The lowest BCUT2D eigenvalue weighted by molar-refractivity contribution is -0.0498. The third-order valence-electron chi connectivity index (χ3n) is 3.02. The lowest BCUT2D eigenvalue weighted by Crippen LogP contribution is -2.36. The minimum Gasteiger partial charge on any atom is -0.435 e. The first-order valence-electron chi connectivity index (χ1n) is 7.08. The van der Waals surface area contributed by atoms with Crippen LogP contribution in [-0.4, -0.2) is 24.2 Å². The second-order valence-corrected chi connectivity index (χ2v) is 4.74. The van der Waals surface area contributed by atoms with Crippen molar-refractivity contribution in [2.45, 2.75) is 19.6 Å². The fourth-order valence-electron chi connectivity index (χ4n) is 1.91. The summed E-state index contributed by atoms with van der Waals surface area (Å²) < 4.78 is 28.3. The van der Waals surface area contributed by atoms with E-state index in [4.69, 9.17) is 0 Å². The van der Waals surface area contributed by atoms with Crippen LogP contribution >= 0.6 is 0 Å². The molecular weight excluding hydrogens is 304 g/mol. The highest BCUT2D eigenvalue weighted by molar-refractivity contribution is 5.73. The summed E-state index contributed by atoms with van der Waals surface area (Å²) in [7, 11) is 0. The van der Waals surface area contributed by atoms with Crippen molar-refractivity contribution in [2.24, 2.45) is 0 Å². The number of halogens is 2. The highest BCUT2D eigenvalue weighted by Gasteiger charge is 2.04. The molecule has 0 saturated heterocycles. The molecule has 5 nitrogen and oxygen atoms in total. The molecular formula is C16H17F2N3O2. The van der Waals surface area contributed by atoms with E-state index < -0.39 is 6.61 Å². The largest absolute Gasteiger partial charge is 0.435 e. The topological polar surface area (TPSA) is 63.2 Å². The third kappa shape index (κ3) is 6.29. The van der Waals surface area contributed by atoms with Gasteiger partial charge in [0, 0.05) is 25.5 Å². The van der Waals surface area contributed by atoms with Crippen LogP contribution < -0.4 is 15.4 Å². The van der Waals surface area contributed by atoms with Crippen molar-refractivity contribution >= 4 is 6.03 Å². The predicted octanol–water partition coefficient (Wildman–Crippen LogP) is 2.72. The maximum atomic E-state index is 12.0. The van der Waals surface area contributed by atoms with Crippen molar-refractivity contribution in [1.29, 1.82) is 0 Å². The number of aromatic nitrogens is 1. The van der Waals surface area contributed by atoms with Gasteiger partial charge in [0.05, 0.1) is 0 Å². The van der Waals surface area contributed by atoms with Gasteiger partial charge in [-0.25, -0.2) is 4.79 Å². The molecule has 2 N–H and O–H groups in total. The van der Waals surface area contributed by atoms with Gasteiger partial charge in [-0.15, -0.1) is 0 Å². The summed E-state index contributed by atoms with van der Waals surface area (Å²) in [4.78, 5) is 15.6. The van der Waals surface area contributed by atoms with Crippen molar-refractivity contribution in [3.05, 3.63) is 59.9 Å². The third-order valence-corrected chi connectivity index (χ3v) is 3.02. The van der Waals surface area contributed by atoms with E-state index in [1.165, 1.54) is 12.1 Å². The summed E-state index contributed by atoms with van der Waals surface area (Å²) >= 11 is 0. The second-order valence-electron chi connectivity index (χ2n) is 4.74. The molecule has 0 bridgehead atoms. The minimum absolute atomic E-state index is 0.117. The van der Waals surface area contributed by atoms with Crippen LogP contribution in [0, 0.1) is 0 Å². The quantitative estimate of drug-likeness (QED) is 0.824. The summed E-state index contributed by atoms with van der Waals surface area (Å²) in [5.41, 5.74) is 1.83. The smallest absolute Gasteiger partial charge is 0.387 e. The Balaban J connectivity index is 1.67. The van der Waals surface area contributed by atoms with Gasteiger partial charge in [0.25, 0.3) is 0 Å². The van der Waals surface area contributed by atoms with E-state index in [2.05, 4.69) is 20.4 Å². The standard InChI is InChI=1S/C16H17F2N3O2/c17-15(18)23-14-5-3-12(4-6-14)7-9-20-16(22)21-11-13-2-1-8-19-10-13/h1-6,8,10,15H,7,9,11H2,(H2,20,21,22). The van der Waals surface area contributed by atoms with Gasteiger partial charge in [0.15, 0.2) is 0 Å². The second kappa shape index (κ2) is 8.67. The van der Waals surface area contributed by atoms with Gasteiger partial charge >= 0.3 is 12.6 Å². The number of hydrogen-bond acceptors (Lipinski definition) is 3. The molecule has 122 valence electrons. The molecule has 0 unspecified atom stereocenters. The molecule has 1 aromatic carbocycles. The lowest BCUT2D eigenvalue weighted by Gasteiger charge is -2.08. The molecule has 0 aliphatic heterocycles. The maximum absolute atomic E-state index is 12.0. The Hall–Kier alpha value is -2.70. The van der Waals surface area contributed by atoms with E-state index in [0.717, 1.165) is 11.1 Å². The predicted molar refractivity (Wildman–Crippen MR) is 81.3 cm³/mol. The Bertz CT molecular complexity index is 606. The lowest BCUT2D eigenvalue weighted by atomic mass is 10.1. The van der Waals surface area contributed by atoms with Crippen LogP contribution in [0.1, 0.15) is 11.1 Å². The fraction of sp³-hybridized carbons (Fsp3) is 0.250. The molecule has 0 fully saturated rings. The van der Waals surface area contributed by atoms with Gasteiger partial charge in [-0.2, -0.15) is 8.78 Å². The van der Waals surface area contributed by atoms with E-state index in [-0.39, 0.29) is 11.8 Å². The monoisotopic (exact) mass is 321 g/mol. The number of alkyl halides is 2. The molecule has 1 aromatic heterocycles. The zero-order chi connectivity index (χ0) is 16.5. The molecule has 0 radical (unpaired) electrons. The molecule has 2 aromatic rings. The van der Waals surface area contributed by atoms with Crippen LogP contribution in [0.25, 0.3) is 0 Å². The molecule has 0 aliphatic rings. The zero-order valence-electron chi connectivity index (χ0n) is 12.3. The van der Waals surface area contributed by atoms with Gasteiger partial charge in [-0.3, -0.25) is 4.98 Å². The van der Waals surface area contributed by atoms with Gasteiger partial charge in [-0.1, -0.05) is 18.2 Å². The SMILES string of the molecule is O=C(NCCc1ccc(OC(F)F)cc1)NCc1cccnc1. The van der Waals surface area contributed by atoms with Crippen LogP contribution in [0.5, 0.6) is 5.75 Å². The molecule has 7 heteroatoms. The molecule has 0 saturated carbocycles. The number of hydrogen-bond donors (Lipinski definition) is 2. The van der Waals surface area contributed by atoms with Gasteiger partial charge in [-0.05, 0) is 35.7 Å². The highest BCUT2D eigenvalue weighted by Crippen LogP contribution is 2.14. The van der Waals surface area contributed by atoms with E-state index in [1.807, 2.05) is 6.07 Å². The van der Waals surface area contributed by atoms with E-state index in [0.29, 0.717) is 19.5 Å². The zero-order valence-corrected chi connectivity index (χ0v) is 12.3. The number of amides is 2. The van der Waals surface area contributed by atoms with Crippen molar-refractivity contribution in [3.63, 3.8) is 0 Å². The van der Waals surface area contributed by atoms with Crippen molar-refractivity contribution in [2.75, 3.05) is 6.54 Å². The summed E-state index contributed by atoms with van der Waals surface area (Å²) in [5.74, 6) is 0.117. The maximum Gasteiger partial charge on any atom is 0.387 e. The number of pyridine rings is 1. The number of rotatable bonds is 7. The van der Waals surface area contributed by atoms with E-state index in [9.17, 15) is 13.6 Å². The van der Waals surface area contributed by atoms with Crippen LogP contribution in [0.2, 0.25) is 0 Å². The number of carbonyl (C=O) groups is 1. The normalized spacial score (nSPS) is 10.4. The Labute approximate surface area is 132 Å². The molecule has 0 spiro atoms. The molecule has 0 aliphatic carbocycles.